The number of nitrogens with zero attached hydrogens (tertiary/aromatic N) is 3. The summed E-state index contributed by atoms with van der Waals surface area (Å²) in [5.74, 6) is 1.59. The topological polar surface area (TPSA) is 58.8 Å². The maximum atomic E-state index is 12.8. The number of fused-ring (bicyclic) bond motifs is 1. The Balaban J connectivity index is 1.50. The molecule has 22 heavy (non-hydrogen) atoms. The predicted octanol–water partition coefficient (Wildman–Crippen LogP) is 1.41. The Labute approximate surface area is 130 Å². The molecule has 6 heteroatoms. The molecule has 0 radical (unpaired) electrons. The predicted molar refractivity (Wildman–Crippen MR) is 79.9 cm³/mol. The SMILES string of the molecule is Cc1nc(C2CC2)oc1C(=O)N1CC[C@H]2OCCN(C)[C@H]2C1. The number of hydrogen-bond acceptors (Lipinski definition) is 5. The van der Waals surface area contributed by atoms with Crippen LogP contribution in [0.1, 0.15) is 47.3 Å². The van der Waals surface area contributed by atoms with Gasteiger partial charge in [0.25, 0.3) is 5.91 Å². The fraction of sp³-hybridized carbons (Fsp3) is 0.750. The Hall–Kier alpha value is -1.40. The molecule has 0 spiro atoms. The van der Waals surface area contributed by atoms with Crippen molar-refractivity contribution in [3.8, 4) is 0 Å². The van der Waals surface area contributed by atoms with Gasteiger partial charge in [-0.1, -0.05) is 0 Å². The van der Waals surface area contributed by atoms with Crippen molar-refractivity contribution >= 4 is 5.91 Å². The largest absolute Gasteiger partial charge is 0.435 e. The highest BCUT2D eigenvalue weighted by molar-refractivity contribution is 5.92. The summed E-state index contributed by atoms with van der Waals surface area (Å²) < 4.78 is 11.6. The minimum atomic E-state index is -0.0191. The summed E-state index contributed by atoms with van der Waals surface area (Å²) in [6, 6.07) is 0.289. The molecule has 6 nitrogen and oxygen atoms in total. The molecule has 1 aliphatic carbocycles. The third kappa shape index (κ3) is 2.44. The van der Waals surface area contributed by atoms with E-state index < -0.39 is 0 Å². The second-order valence-corrected chi connectivity index (χ2v) is 6.74. The number of morpholine rings is 1. The Morgan fingerprint density at radius 2 is 2.09 bits per heavy atom. The number of hydrogen-bond donors (Lipinski definition) is 0. The normalized spacial score (nSPS) is 29.5. The third-order valence-corrected chi connectivity index (χ3v) is 5.08. The first-order valence-electron chi connectivity index (χ1n) is 8.22. The van der Waals surface area contributed by atoms with E-state index in [1.165, 1.54) is 0 Å². The smallest absolute Gasteiger partial charge is 0.291 e. The molecule has 0 N–H and O–H groups in total. The molecule has 0 aromatic carbocycles. The highest BCUT2D eigenvalue weighted by Gasteiger charge is 2.39. The van der Waals surface area contributed by atoms with Crippen molar-refractivity contribution in [2.24, 2.45) is 0 Å². The Morgan fingerprint density at radius 1 is 1.27 bits per heavy atom. The minimum Gasteiger partial charge on any atom is -0.435 e. The van der Waals surface area contributed by atoms with Gasteiger partial charge in [0.05, 0.1) is 24.4 Å². The van der Waals surface area contributed by atoms with Crippen LogP contribution in [0.3, 0.4) is 0 Å². The molecular weight excluding hydrogens is 282 g/mol. The summed E-state index contributed by atoms with van der Waals surface area (Å²) in [4.78, 5) is 21.4. The van der Waals surface area contributed by atoms with E-state index in [4.69, 9.17) is 9.15 Å². The van der Waals surface area contributed by atoms with E-state index in [9.17, 15) is 4.79 Å². The van der Waals surface area contributed by atoms with E-state index in [0.717, 1.165) is 50.5 Å². The van der Waals surface area contributed by atoms with Crippen molar-refractivity contribution in [3.05, 3.63) is 17.3 Å². The van der Waals surface area contributed by atoms with Crippen LogP contribution < -0.4 is 0 Å². The Bertz CT molecular complexity index is 581. The average Bonchev–Trinajstić information content (AvgIpc) is 3.30. The molecule has 1 aromatic heterocycles. The second kappa shape index (κ2) is 5.35. The van der Waals surface area contributed by atoms with Crippen LogP contribution in [0.25, 0.3) is 0 Å². The van der Waals surface area contributed by atoms with E-state index in [2.05, 4.69) is 16.9 Å². The number of carbonyl (C=O) groups is 1. The van der Waals surface area contributed by atoms with Gasteiger partial charge in [0.2, 0.25) is 5.76 Å². The first-order valence-corrected chi connectivity index (χ1v) is 8.22. The summed E-state index contributed by atoms with van der Waals surface area (Å²) in [7, 11) is 2.11. The molecule has 1 aromatic rings. The van der Waals surface area contributed by atoms with Gasteiger partial charge in [-0.25, -0.2) is 4.98 Å². The highest BCUT2D eigenvalue weighted by atomic mass is 16.5. The van der Waals surface area contributed by atoms with Gasteiger partial charge >= 0.3 is 0 Å². The number of carbonyl (C=O) groups excluding carboxylic acids is 1. The molecule has 3 heterocycles. The summed E-state index contributed by atoms with van der Waals surface area (Å²) in [6.07, 6.45) is 3.40. The van der Waals surface area contributed by atoms with E-state index >= 15 is 0 Å². The lowest BCUT2D eigenvalue weighted by Gasteiger charge is -2.45. The number of aromatic nitrogens is 1. The molecule has 0 bridgehead atoms. The third-order valence-electron chi connectivity index (χ3n) is 5.08. The van der Waals surface area contributed by atoms with Gasteiger partial charge in [0, 0.05) is 25.6 Å². The monoisotopic (exact) mass is 305 g/mol. The Morgan fingerprint density at radius 3 is 2.86 bits per heavy atom. The van der Waals surface area contributed by atoms with Gasteiger partial charge in [0.15, 0.2) is 5.89 Å². The van der Waals surface area contributed by atoms with Crippen LogP contribution in [0.15, 0.2) is 4.42 Å². The highest BCUT2D eigenvalue weighted by Crippen LogP contribution is 2.40. The molecule has 3 fully saturated rings. The summed E-state index contributed by atoms with van der Waals surface area (Å²) in [5, 5.41) is 0. The molecule has 3 aliphatic rings. The van der Waals surface area contributed by atoms with Gasteiger partial charge in [-0.15, -0.1) is 0 Å². The van der Waals surface area contributed by atoms with Crippen LogP contribution >= 0.6 is 0 Å². The van der Waals surface area contributed by atoms with Crippen molar-refractivity contribution < 1.29 is 13.9 Å². The summed E-state index contributed by atoms with van der Waals surface area (Å²) in [6.45, 7) is 5.02. The molecule has 2 atom stereocenters. The van der Waals surface area contributed by atoms with Gasteiger partial charge in [0.1, 0.15) is 0 Å². The quantitative estimate of drug-likeness (QED) is 0.827. The second-order valence-electron chi connectivity index (χ2n) is 6.74. The fourth-order valence-corrected chi connectivity index (χ4v) is 3.49. The standard InChI is InChI=1S/C16H23N3O3/c1-10-14(22-15(17-10)11-3-4-11)16(20)19-6-5-13-12(9-19)18(2)7-8-21-13/h11-13H,3-9H2,1-2H3/t12-,13+/m0/s1. The number of likely N-dealkylation sites (N-methyl/N-ethyl adjacent to an activating group) is 1. The zero-order valence-electron chi connectivity index (χ0n) is 13.2. The first kappa shape index (κ1) is 14.2. The first-order chi connectivity index (χ1) is 10.6. The number of ether oxygens (including phenoxy) is 1. The molecule has 1 amide bonds. The van der Waals surface area contributed by atoms with Crippen molar-refractivity contribution in [1.82, 2.24) is 14.8 Å². The molecule has 2 aliphatic heterocycles. The average molecular weight is 305 g/mol. The lowest BCUT2D eigenvalue weighted by Crippen LogP contribution is -2.59. The van der Waals surface area contributed by atoms with Crippen molar-refractivity contribution in [3.63, 3.8) is 0 Å². The fourth-order valence-electron chi connectivity index (χ4n) is 3.49. The maximum Gasteiger partial charge on any atom is 0.291 e. The van der Waals surface area contributed by atoms with Crippen molar-refractivity contribution in [2.45, 2.75) is 44.2 Å². The van der Waals surface area contributed by atoms with Crippen LogP contribution in [0.2, 0.25) is 0 Å². The number of rotatable bonds is 2. The van der Waals surface area contributed by atoms with E-state index in [1.807, 2.05) is 11.8 Å². The van der Waals surface area contributed by atoms with Gasteiger partial charge in [-0.3, -0.25) is 9.69 Å². The van der Waals surface area contributed by atoms with E-state index in [1.54, 1.807) is 0 Å². The molecule has 120 valence electrons. The molecular formula is C16H23N3O3. The maximum absolute atomic E-state index is 12.8. The van der Waals surface area contributed by atoms with Crippen LogP contribution in [0.5, 0.6) is 0 Å². The van der Waals surface area contributed by atoms with Crippen LogP contribution in [0.4, 0.5) is 0 Å². The van der Waals surface area contributed by atoms with Crippen molar-refractivity contribution in [2.75, 3.05) is 33.3 Å². The van der Waals surface area contributed by atoms with Crippen molar-refractivity contribution in [1.29, 1.82) is 0 Å². The Kier molecular flexibility index (Phi) is 3.46. The molecule has 1 saturated carbocycles. The zero-order chi connectivity index (χ0) is 15.3. The molecule has 0 unspecified atom stereocenters. The minimum absolute atomic E-state index is 0.0191. The number of amides is 1. The van der Waals surface area contributed by atoms with Gasteiger partial charge in [-0.05, 0) is 33.2 Å². The number of aryl methyl sites for hydroxylation is 1. The van der Waals surface area contributed by atoms with Crippen LogP contribution in [-0.2, 0) is 4.74 Å². The summed E-state index contributed by atoms with van der Waals surface area (Å²) in [5.41, 5.74) is 0.724. The van der Waals surface area contributed by atoms with E-state index in [-0.39, 0.29) is 18.1 Å². The number of likely N-dealkylation sites (tertiary alicyclic amines) is 1. The number of piperidine rings is 1. The van der Waals surface area contributed by atoms with Crippen LogP contribution in [-0.4, -0.2) is 66.1 Å². The number of oxazole rings is 1. The van der Waals surface area contributed by atoms with Gasteiger partial charge < -0.3 is 14.1 Å². The zero-order valence-corrected chi connectivity index (χ0v) is 13.2. The molecule has 2 saturated heterocycles. The van der Waals surface area contributed by atoms with Gasteiger partial charge in [-0.2, -0.15) is 0 Å². The van der Waals surface area contributed by atoms with E-state index in [0.29, 0.717) is 18.2 Å². The molecule has 4 rings (SSSR count). The summed E-state index contributed by atoms with van der Waals surface area (Å²) >= 11 is 0. The van der Waals surface area contributed by atoms with Crippen LogP contribution in [0, 0.1) is 6.92 Å². The lowest BCUT2D eigenvalue weighted by molar-refractivity contribution is -0.0896. The lowest BCUT2D eigenvalue weighted by atomic mass is 9.99.